The van der Waals surface area contributed by atoms with Crippen molar-refractivity contribution in [3.8, 4) is 0 Å². The topological polar surface area (TPSA) is 75.3 Å². The van der Waals surface area contributed by atoms with Gasteiger partial charge in [-0.1, -0.05) is 6.92 Å². The van der Waals surface area contributed by atoms with Gasteiger partial charge in [0.2, 0.25) is 0 Å². The summed E-state index contributed by atoms with van der Waals surface area (Å²) in [4.78, 5) is 11.5. The van der Waals surface area contributed by atoms with Crippen LogP contribution in [0.5, 0.6) is 0 Å². The van der Waals surface area contributed by atoms with E-state index in [9.17, 15) is 18.7 Å². The summed E-state index contributed by atoms with van der Waals surface area (Å²) in [7, 11) is 0. The summed E-state index contributed by atoms with van der Waals surface area (Å²) >= 11 is 0. The third-order valence-electron chi connectivity index (χ3n) is 2.28. The molecule has 1 unspecified atom stereocenters. The van der Waals surface area contributed by atoms with Crippen molar-refractivity contribution in [1.29, 1.82) is 0 Å². The Kier molecular flexibility index (Phi) is 4.39. The number of anilines is 1. The van der Waals surface area contributed by atoms with Gasteiger partial charge in [0.25, 0.3) is 5.91 Å². The van der Waals surface area contributed by atoms with Crippen LogP contribution in [0.4, 0.5) is 14.5 Å². The zero-order valence-electron chi connectivity index (χ0n) is 9.34. The highest BCUT2D eigenvalue weighted by molar-refractivity contribution is 5.95. The highest BCUT2D eigenvalue weighted by Crippen LogP contribution is 2.17. The zero-order chi connectivity index (χ0) is 13.0. The number of carbonyl (C=O) groups is 1. The maximum absolute atomic E-state index is 13.4. The number of nitrogens with one attached hydrogen (secondary N) is 1. The van der Waals surface area contributed by atoms with E-state index < -0.39 is 34.9 Å². The summed E-state index contributed by atoms with van der Waals surface area (Å²) in [5.74, 6) is -2.55. The number of halogens is 2. The fourth-order valence-corrected chi connectivity index (χ4v) is 1.23. The Morgan fingerprint density at radius 1 is 1.53 bits per heavy atom. The minimum absolute atomic E-state index is 0.0226. The van der Waals surface area contributed by atoms with Crippen molar-refractivity contribution in [2.75, 3.05) is 12.3 Å². The van der Waals surface area contributed by atoms with Crippen LogP contribution in [0.15, 0.2) is 12.1 Å². The summed E-state index contributed by atoms with van der Waals surface area (Å²) in [5, 5.41) is 11.5. The fraction of sp³-hybridized carbons (Fsp3) is 0.364. The van der Waals surface area contributed by atoms with Crippen LogP contribution in [-0.2, 0) is 0 Å². The highest BCUT2D eigenvalue weighted by atomic mass is 19.1. The molecule has 0 saturated carbocycles. The van der Waals surface area contributed by atoms with Crippen LogP contribution < -0.4 is 11.1 Å². The monoisotopic (exact) mass is 244 g/mol. The third kappa shape index (κ3) is 3.39. The molecule has 1 aromatic carbocycles. The van der Waals surface area contributed by atoms with E-state index in [0.29, 0.717) is 6.42 Å². The average Bonchev–Trinajstić information content (AvgIpc) is 2.30. The Balaban J connectivity index is 2.82. The molecule has 0 radical (unpaired) electrons. The first kappa shape index (κ1) is 13.4. The first-order valence-electron chi connectivity index (χ1n) is 5.16. The number of nitrogen functional groups attached to an aromatic ring is 1. The predicted octanol–water partition coefficient (Wildman–Crippen LogP) is 1.05. The van der Waals surface area contributed by atoms with E-state index in [0.717, 1.165) is 12.1 Å². The average molecular weight is 244 g/mol. The summed E-state index contributed by atoms with van der Waals surface area (Å²) in [6, 6.07) is 1.56. The molecule has 0 aliphatic rings. The predicted molar refractivity (Wildman–Crippen MR) is 59.4 cm³/mol. The SMILES string of the molecule is CCC(O)CNC(=O)c1cc(F)cc(N)c1F. The number of amides is 1. The second-order valence-electron chi connectivity index (χ2n) is 3.63. The number of benzene rings is 1. The van der Waals surface area contributed by atoms with Crippen LogP contribution in [-0.4, -0.2) is 23.7 Å². The van der Waals surface area contributed by atoms with E-state index in [4.69, 9.17) is 5.73 Å². The molecule has 4 nitrogen and oxygen atoms in total. The summed E-state index contributed by atoms with van der Waals surface area (Å²) in [5.41, 5.74) is 4.31. The summed E-state index contributed by atoms with van der Waals surface area (Å²) in [6.45, 7) is 1.71. The molecule has 1 aromatic rings. The normalized spacial score (nSPS) is 12.2. The van der Waals surface area contributed by atoms with Crippen molar-refractivity contribution in [2.45, 2.75) is 19.4 Å². The van der Waals surface area contributed by atoms with E-state index in [1.165, 1.54) is 0 Å². The minimum Gasteiger partial charge on any atom is -0.396 e. The van der Waals surface area contributed by atoms with Crippen molar-refractivity contribution in [2.24, 2.45) is 0 Å². The van der Waals surface area contributed by atoms with Gasteiger partial charge in [-0.2, -0.15) is 0 Å². The third-order valence-corrected chi connectivity index (χ3v) is 2.28. The number of hydrogen-bond donors (Lipinski definition) is 3. The summed E-state index contributed by atoms with van der Waals surface area (Å²) in [6.07, 6.45) is -0.262. The number of hydrogen-bond acceptors (Lipinski definition) is 3. The molecule has 6 heteroatoms. The quantitative estimate of drug-likeness (QED) is 0.693. The number of nitrogens with two attached hydrogens (primary N) is 1. The van der Waals surface area contributed by atoms with Crippen LogP contribution in [0, 0.1) is 11.6 Å². The second-order valence-corrected chi connectivity index (χ2v) is 3.63. The molecule has 1 atom stereocenters. The molecule has 0 heterocycles. The molecular weight excluding hydrogens is 230 g/mol. The van der Waals surface area contributed by atoms with E-state index in [1.807, 2.05) is 0 Å². The van der Waals surface area contributed by atoms with E-state index in [-0.39, 0.29) is 6.54 Å². The molecule has 0 saturated heterocycles. The molecule has 0 aromatic heterocycles. The van der Waals surface area contributed by atoms with Gasteiger partial charge >= 0.3 is 0 Å². The standard InChI is InChI=1S/C11H14F2N2O2/c1-2-7(16)5-15-11(17)8-3-6(12)4-9(14)10(8)13/h3-4,7,16H,2,5,14H2,1H3,(H,15,17). The molecule has 0 bridgehead atoms. The van der Waals surface area contributed by atoms with Crippen LogP contribution in [0.3, 0.4) is 0 Å². The molecule has 94 valence electrons. The lowest BCUT2D eigenvalue weighted by Gasteiger charge is -2.10. The Morgan fingerprint density at radius 2 is 2.18 bits per heavy atom. The molecule has 0 spiro atoms. The van der Waals surface area contributed by atoms with E-state index >= 15 is 0 Å². The number of aliphatic hydroxyl groups excluding tert-OH is 1. The molecule has 4 N–H and O–H groups in total. The highest BCUT2D eigenvalue weighted by Gasteiger charge is 2.16. The molecule has 1 amide bonds. The molecule has 0 aliphatic carbocycles. The number of carbonyl (C=O) groups excluding carboxylic acids is 1. The molecule has 1 rings (SSSR count). The van der Waals surface area contributed by atoms with Gasteiger partial charge < -0.3 is 16.2 Å². The van der Waals surface area contributed by atoms with Crippen LogP contribution in [0.1, 0.15) is 23.7 Å². The van der Waals surface area contributed by atoms with Gasteiger partial charge in [-0.3, -0.25) is 4.79 Å². The van der Waals surface area contributed by atoms with Crippen LogP contribution >= 0.6 is 0 Å². The van der Waals surface area contributed by atoms with E-state index in [2.05, 4.69) is 5.32 Å². The van der Waals surface area contributed by atoms with Crippen molar-refractivity contribution >= 4 is 11.6 Å². The van der Waals surface area contributed by atoms with Gasteiger partial charge in [-0.05, 0) is 18.6 Å². The molecule has 17 heavy (non-hydrogen) atoms. The molecular formula is C11H14F2N2O2. The lowest BCUT2D eigenvalue weighted by atomic mass is 10.1. The van der Waals surface area contributed by atoms with Gasteiger partial charge in [0, 0.05) is 6.54 Å². The molecule has 0 aliphatic heterocycles. The zero-order valence-corrected chi connectivity index (χ0v) is 9.34. The Morgan fingerprint density at radius 3 is 2.76 bits per heavy atom. The Hall–Kier alpha value is -1.69. The fourth-order valence-electron chi connectivity index (χ4n) is 1.23. The lowest BCUT2D eigenvalue weighted by Crippen LogP contribution is -2.32. The van der Waals surface area contributed by atoms with Gasteiger partial charge in [0.1, 0.15) is 5.82 Å². The minimum atomic E-state index is -0.963. The lowest BCUT2D eigenvalue weighted by molar-refractivity contribution is 0.0909. The van der Waals surface area contributed by atoms with Crippen LogP contribution in [0.2, 0.25) is 0 Å². The number of aliphatic hydroxyl groups is 1. The molecule has 0 fully saturated rings. The Labute approximate surface area is 97.4 Å². The van der Waals surface area contributed by atoms with Gasteiger partial charge in [0.05, 0.1) is 17.4 Å². The van der Waals surface area contributed by atoms with Crippen molar-refractivity contribution in [3.05, 3.63) is 29.3 Å². The Bertz CT molecular complexity index is 424. The van der Waals surface area contributed by atoms with Crippen molar-refractivity contribution < 1.29 is 18.7 Å². The number of rotatable bonds is 4. The first-order valence-corrected chi connectivity index (χ1v) is 5.16. The first-order chi connectivity index (χ1) is 7.95. The van der Waals surface area contributed by atoms with Gasteiger partial charge in [-0.15, -0.1) is 0 Å². The maximum atomic E-state index is 13.4. The second kappa shape index (κ2) is 5.58. The summed E-state index contributed by atoms with van der Waals surface area (Å²) < 4.78 is 26.4. The maximum Gasteiger partial charge on any atom is 0.254 e. The smallest absolute Gasteiger partial charge is 0.254 e. The largest absolute Gasteiger partial charge is 0.396 e. The van der Waals surface area contributed by atoms with Crippen molar-refractivity contribution in [1.82, 2.24) is 5.32 Å². The van der Waals surface area contributed by atoms with Crippen molar-refractivity contribution in [3.63, 3.8) is 0 Å². The van der Waals surface area contributed by atoms with Gasteiger partial charge in [-0.25, -0.2) is 8.78 Å². The van der Waals surface area contributed by atoms with Crippen LogP contribution in [0.25, 0.3) is 0 Å². The van der Waals surface area contributed by atoms with Gasteiger partial charge in [0.15, 0.2) is 5.82 Å². The van der Waals surface area contributed by atoms with E-state index in [1.54, 1.807) is 6.92 Å².